The van der Waals surface area contributed by atoms with E-state index in [1.165, 1.54) is 0 Å². The fourth-order valence-electron chi connectivity index (χ4n) is 0.770. The number of hydrogen-bond acceptors (Lipinski definition) is 5. The first-order valence-electron chi connectivity index (χ1n) is 4.08. The van der Waals surface area contributed by atoms with Gasteiger partial charge >= 0.3 is 5.97 Å². The van der Waals surface area contributed by atoms with Gasteiger partial charge in [-0.25, -0.2) is 0 Å². The number of hydrogen-bond donors (Lipinski definition) is 0. The van der Waals surface area contributed by atoms with Crippen molar-refractivity contribution in [1.29, 1.82) is 0 Å². The molecule has 0 unspecified atom stereocenters. The number of halogens is 1. The Hall–Kier alpha value is -1.49. The number of carbonyl (C=O) groups is 2. The van der Waals surface area contributed by atoms with Crippen LogP contribution in [0.25, 0.3) is 0 Å². The number of ether oxygens (including phenoxy) is 1. The fourth-order valence-corrected chi connectivity index (χ4v) is 0.935. The zero-order chi connectivity index (χ0) is 11.8. The van der Waals surface area contributed by atoms with E-state index < -0.39 is 18.2 Å². The normalized spacial score (nSPS) is 11.3. The standard InChI is InChI=1S/C9H11ClN2O3/c1-4-15-7(14)5-6(13)8(11-2)9(10)12-3/h2-5H2,1H3/b9-8-. The van der Waals surface area contributed by atoms with E-state index in [9.17, 15) is 9.59 Å². The van der Waals surface area contributed by atoms with E-state index in [-0.39, 0.29) is 17.5 Å². The molecular formula is C9H11ClN2O3. The molecule has 0 rings (SSSR count). The molecule has 0 aliphatic heterocycles. The van der Waals surface area contributed by atoms with Crippen LogP contribution in [0.4, 0.5) is 0 Å². The molecule has 5 nitrogen and oxygen atoms in total. The third-order valence-corrected chi connectivity index (χ3v) is 1.67. The maximum absolute atomic E-state index is 11.4. The van der Waals surface area contributed by atoms with Gasteiger partial charge in [0.1, 0.15) is 12.1 Å². The second-order valence-corrected chi connectivity index (χ2v) is 2.72. The predicted molar refractivity (Wildman–Crippen MR) is 58.2 cm³/mol. The number of rotatable bonds is 6. The number of Topliss-reactive ketones (excluding diaryl/α,β-unsaturated/α-hetero) is 1. The summed E-state index contributed by atoms with van der Waals surface area (Å²) in [7, 11) is 0. The van der Waals surface area contributed by atoms with Crippen LogP contribution in [-0.2, 0) is 14.3 Å². The Morgan fingerprint density at radius 1 is 1.33 bits per heavy atom. The maximum Gasteiger partial charge on any atom is 0.313 e. The first kappa shape index (κ1) is 13.5. The van der Waals surface area contributed by atoms with Crippen molar-refractivity contribution < 1.29 is 14.3 Å². The quantitative estimate of drug-likeness (QED) is 0.227. The third kappa shape index (κ3) is 4.51. The van der Waals surface area contributed by atoms with Gasteiger partial charge in [-0.2, -0.15) is 0 Å². The number of ketones is 1. The molecule has 0 aliphatic rings. The average Bonchev–Trinajstić information content (AvgIpc) is 2.18. The molecule has 0 aromatic rings. The third-order valence-electron chi connectivity index (χ3n) is 1.37. The molecule has 0 aliphatic carbocycles. The zero-order valence-corrected chi connectivity index (χ0v) is 9.08. The van der Waals surface area contributed by atoms with Gasteiger partial charge in [-0.1, -0.05) is 11.6 Å². The summed E-state index contributed by atoms with van der Waals surface area (Å²) >= 11 is 5.53. The molecule has 15 heavy (non-hydrogen) atoms. The van der Waals surface area contributed by atoms with Gasteiger partial charge < -0.3 is 4.74 Å². The molecule has 6 heteroatoms. The van der Waals surface area contributed by atoms with Gasteiger partial charge in [0.25, 0.3) is 0 Å². The molecule has 0 aromatic carbocycles. The van der Waals surface area contributed by atoms with Crippen molar-refractivity contribution in [2.45, 2.75) is 13.3 Å². The van der Waals surface area contributed by atoms with Crippen molar-refractivity contribution in [3.05, 3.63) is 10.9 Å². The number of allylic oxidation sites excluding steroid dienone is 1. The van der Waals surface area contributed by atoms with Gasteiger partial charge in [-0.15, -0.1) is 0 Å². The SMILES string of the molecule is C=N/C(Cl)=C(\N=C)C(=O)CC(=O)OCC. The van der Waals surface area contributed by atoms with Gasteiger partial charge in [0.2, 0.25) is 0 Å². The minimum atomic E-state index is -0.642. The van der Waals surface area contributed by atoms with E-state index in [0.29, 0.717) is 0 Å². The van der Waals surface area contributed by atoms with E-state index >= 15 is 0 Å². The van der Waals surface area contributed by atoms with Crippen LogP contribution in [0.2, 0.25) is 0 Å². The lowest BCUT2D eigenvalue weighted by atomic mass is 10.2. The number of aliphatic imine (C=N–C) groups is 2. The van der Waals surface area contributed by atoms with E-state index in [1.54, 1.807) is 6.92 Å². The van der Waals surface area contributed by atoms with Crippen LogP contribution < -0.4 is 0 Å². The van der Waals surface area contributed by atoms with Gasteiger partial charge in [0.05, 0.1) is 6.61 Å². The van der Waals surface area contributed by atoms with Crippen LogP contribution >= 0.6 is 11.6 Å². The second-order valence-electron chi connectivity index (χ2n) is 2.36. The first-order chi connectivity index (χ1) is 7.06. The fraction of sp³-hybridized carbons (Fsp3) is 0.333. The Labute approximate surface area is 92.5 Å². The summed E-state index contributed by atoms with van der Waals surface area (Å²) < 4.78 is 4.59. The van der Waals surface area contributed by atoms with Crippen LogP contribution in [0.1, 0.15) is 13.3 Å². The molecule has 0 bridgehead atoms. The van der Waals surface area contributed by atoms with Gasteiger partial charge in [0.15, 0.2) is 10.9 Å². The summed E-state index contributed by atoms with van der Waals surface area (Å²) in [6.45, 7) is 8.13. The summed E-state index contributed by atoms with van der Waals surface area (Å²) in [5, 5.41) is -0.181. The van der Waals surface area contributed by atoms with Crippen molar-refractivity contribution >= 4 is 36.8 Å². The maximum atomic E-state index is 11.4. The van der Waals surface area contributed by atoms with Gasteiger partial charge in [-0.3, -0.25) is 19.6 Å². The average molecular weight is 231 g/mol. The Balaban J connectivity index is 4.63. The Kier molecular flexibility index (Phi) is 6.21. The zero-order valence-electron chi connectivity index (χ0n) is 8.33. The van der Waals surface area contributed by atoms with Crippen molar-refractivity contribution in [3.63, 3.8) is 0 Å². The molecule has 0 saturated carbocycles. The molecule has 0 radical (unpaired) electrons. The number of esters is 1. The molecule has 0 heterocycles. The number of nitrogens with zero attached hydrogens (tertiary/aromatic N) is 2. The van der Waals surface area contributed by atoms with Gasteiger partial charge in [0, 0.05) is 0 Å². The molecule has 0 saturated heterocycles. The summed E-state index contributed by atoms with van der Waals surface area (Å²) in [5.74, 6) is -1.24. The van der Waals surface area contributed by atoms with Crippen LogP contribution in [-0.4, -0.2) is 31.8 Å². The molecule has 0 spiro atoms. The minimum Gasteiger partial charge on any atom is -0.466 e. The smallest absolute Gasteiger partial charge is 0.313 e. The highest BCUT2D eigenvalue weighted by molar-refractivity contribution is 6.32. The van der Waals surface area contributed by atoms with E-state index in [0.717, 1.165) is 0 Å². The van der Waals surface area contributed by atoms with Crippen LogP contribution in [0.15, 0.2) is 20.8 Å². The van der Waals surface area contributed by atoms with Crippen molar-refractivity contribution in [2.75, 3.05) is 6.61 Å². The molecule has 0 fully saturated rings. The lowest BCUT2D eigenvalue weighted by molar-refractivity contribution is -0.144. The highest BCUT2D eigenvalue weighted by atomic mass is 35.5. The molecule has 82 valence electrons. The lowest BCUT2D eigenvalue weighted by Crippen LogP contribution is -2.12. The van der Waals surface area contributed by atoms with Crippen molar-refractivity contribution in [3.8, 4) is 0 Å². The molecule has 0 amide bonds. The lowest BCUT2D eigenvalue weighted by Gasteiger charge is -2.01. The Morgan fingerprint density at radius 3 is 2.33 bits per heavy atom. The Morgan fingerprint density at radius 2 is 1.93 bits per heavy atom. The molecule has 0 atom stereocenters. The highest BCUT2D eigenvalue weighted by Gasteiger charge is 2.17. The second kappa shape index (κ2) is 6.89. The highest BCUT2D eigenvalue weighted by Crippen LogP contribution is 2.14. The van der Waals surface area contributed by atoms with Crippen molar-refractivity contribution in [1.82, 2.24) is 0 Å². The van der Waals surface area contributed by atoms with E-state index in [1.807, 2.05) is 0 Å². The summed E-state index contributed by atoms with van der Waals surface area (Å²) in [5.41, 5.74) is -0.181. The summed E-state index contributed by atoms with van der Waals surface area (Å²) in [6, 6.07) is 0. The monoisotopic (exact) mass is 230 g/mol. The summed E-state index contributed by atoms with van der Waals surface area (Å²) in [4.78, 5) is 29.1. The van der Waals surface area contributed by atoms with Crippen molar-refractivity contribution in [2.24, 2.45) is 9.98 Å². The van der Waals surface area contributed by atoms with E-state index in [4.69, 9.17) is 11.6 Å². The van der Waals surface area contributed by atoms with E-state index in [2.05, 4.69) is 28.2 Å². The predicted octanol–water partition coefficient (Wildman–Crippen LogP) is 1.32. The van der Waals surface area contributed by atoms with Gasteiger partial charge in [-0.05, 0) is 20.4 Å². The summed E-state index contributed by atoms with van der Waals surface area (Å²) in [6.07, 6.45) is -0.437. The minimum absolute atomic E-state index is 0.181. The first-order valence-corrected chi connectivity index (χ1v) is 4.46. The molecule has 0 N–H and O–H groups in total. The van der Waals surface area contributed by atoms with Crippen LogP contribution in [0.3, 0.4) is 0 Å². The topological polar surface area (TPSA) is 68.1 Å². The number of carbonyl (C=O) groups excluding carboxylic acids is 2. The van der Waals surface area contributed by atoms with Crippen LogP contribution in [0, 0.1) is 0 Å². The molecule has 0 aromatic heterocycles. The largest absolute Gasteiger partial charge is 0.466 e. The van der Waals surface area contributed by atoms with Crippen LogP contribution in [0.5, 0.6) is 0 Å². The Bertz CT molecular complexity index is 323. The molecular weight excluding hydrogens is 220 g/mol.